The van der Waals surface area contributed by atoms with Gasteiger partial charge in [0.25, 0.3) is 11.8 Å². The Morgan fingerprint density at radius 2 is 1.41 bits per heavy atom. The number of carbonyl (C=O) groups excluding carboxylic acids is 2. The Balaban J connectivity index is 1.23. The lowest BCUT2D eigenvalue weighted by Gasteiger charge is -2.41. The topological polar surface area (TPSA) is 98.6 Å². The molecule has 1 saturated heterocycles. The maximum atomic E-state index is 15.2. The number of hydrogen-bond donors (Lipinski definition) is 1. The number of benzene rings is 4. The van der Waals surface area contributed by atoms with Gasteiger partial charge in [0.15, 0.2) is 0 Å². The van der Waals surface area contributed by atoms with Crippen LogP contribution in [0.15, 0.2) is 103 Å². The van der Waals surface area contributed by atoms with E-state index in [1.54, 1.807) is 4.90 Å². The van der Waals surface area contributed by atoms with Gasteiger partial charge in [-0.2, -0.15) is 0 Å². The average Bonchev–Trinajstić information content (AvgIpc) is 3.50. The van der Waals surface area contributed by atoms with Crippen LogP contribution in [0.1, 0.15) is 48.7 Å². The molecule has 0 aliphatic carbocycles. The number of carbonyl (C=O) groups is 3. The average molecular weight is 724 g/mol. The van der Waals surface area contributed by atoms with Crippen LogP contribution >= 0.6 is 0 Å². The van der Waals surface area contributed by atoms with E-state index in [0.717, 1.165) is 71.1 Å². The second-order valence-corrected chi connectivity index (χ2v) is 14.5. The molecule has 1 aromatic heterocycles. The van der Waals surface area contributed by atoms with Crippen LogP contribution in [0, 0.1) is 6.92 Å². The van der Waals surface area contributed by atoms with Crippen molar-refractivity contribution in [1.82, 2.24) is 19.3 Å². The molecule has 276 valence electrons. The highest BCUT2D eigenvalue weighted by Gasteiger charge is 2.35. The first-order valence-corrected chi connectivity index (χ1v) is 18.7. The minimum Gasteiger partial charge on any atom is -0.465 e. The lowest BCUT2D eigenvalue weighted by Crippen LogP contribution is -2.52. The monoisotopic (exact) mass is 723 g/mol. The van der Waals surface area contributed by atoms with Crippen molar-refractivity contribution in [3.63, 3.8) is 0 Å². The fraction of sp³-hybridized carbons (Fsp3) is 0.295. The number of para-hydroxylation sites is 2. The lowest BCUT2D eigenvalue weighted by molar-refractivity contribution is 0.0193. The van der Waals surface area contributed by atoms with Gasteiger partial charge in [-0.05, 0) is 84.5 Å². The Kier molecular flexibility index (Phi) is 9.79. The van der Waals surface area contributed by atoms with Crippen molar-refractivity contribution < 1.29 is 24.2 Å². The molecule has 1 fully saturated rings. The maximum absolute atomic E-state index is 15.2. The highest BCUT2D eigenvalue weighted by molar-refractivity contribution is 6.12. The molecule has 0 bridgehead atoms. The Morgan fingerprint density at radius 1 is 0.759 bits per heavy atom. The van der Waals surface area contributed by atoms with Gasteiger partial charge in [-0.15, -0.1) is 0 Å². The zero-order chi connectivity index (χ0) is 37.3. The number of anilines is 2. The fourth-order valence-corrected chi connectivity index (χ4v) is 8.22. The molecule has 10 heteroatoms. The van der Waals surface area contributed by atoms with Gasteiger partial charge in [0.1, 0.15) is 0 Å². The van der Waals surface area contributed by atoms with E-state index < -0.39 is 6.09 Å². The third kappa shape index (κ3) is 6.79. The van der Waals surface area contributed by atoms with Gasteiger partial charge in [-0.1, -0.05) is 60.7 Å². The summed E-state index contributed by atoms with van der Waals surface area (Å²) in [7, 11) is 1.94. The van der Waals surface area contributed by atoms with E-state index in [9.17, 15) is 14.7 Å². The van der Waals surface area contributed by atoms with Crippen molar-refractivity contribution in [2.24, 2.45) is 7.05 Å². The standard InChI is InChI=1S/C44H45N5O5/c1-30-38(43(51)49(35-13-5-3-6-14-35)36-15-7-4-8-16-36)26-41(45(30)2)39-24-32-17-18-47(44(52)53)27-34(32)25-40(39)42(50)48-28-33-12-10-9-11-31(33)23-37(48)29-46-19-21-54-22-20-46/h3-16,24-26,37H,17-23,27-29H2,1-2H3,(H,52,53)/t37-/m0/s1. The number of fused-ring (bicyclic) bond motifs is 2. The quantitative estimate of drug-likeness (QED) is 0.196. The van der Waals surface area contributed by atoms with E-state index in [1.165, 1.54) is 10.5 Å². The molecular weight excluding hydrogens is 679 g/mol. The van der Waals surface area contributed by atoms with Crippen molar-refractivity contribution in [2.45, 2.75) is 38.9 Å². The van der Waals surface area contributed by atoms with Gasteiger partial charge in [-0.25, -0.2) is 4.79 Å². The molecule has 0 saturated carbocycles. The molecule has 8 rings (SSSR count). The fourth-order valence-electron chi connectivity index (χ4n) is 8.22. The molecule has 4 aromatic carbocycles. The van der Waals surface area contributed by atoms with E-state index in [-0.39, 0.29) is 24.4 Å². The number of aromatic nitrogens is 1. The summed E-state index contributed by atoms with van der Waals surface area (Å²) in [4.78, 5) is 49.5. The number of ether oxygens (including phenoxy) is 1. The van der Waals surface area contributed by atoms with Crippen LogP contribution in [0.5, 0.6) is 0 Å². The van der Waals surface area contributed by atoms with E-state index in [0.29, 0.717) is 43.9 Å². The highest BCUT2D eigenvalue weighted by Crippen LogP contribution is 2.37. The number of rotatable bonds is 7. The van der Waals surface area contributed by atoms with Gasteiger partial charge in [-0.3, -0.25) is 19.4 Å². The largest absolute Gasteiger partial charge is 0.465 e. The molecule has 1 N–H and O–H groups in total. The predicted molar refractivity (Wildman–Crippen MR) is 208 cm³/mol. The van der Waals surface area contributed by atoms with E-state index in [4.69, 9.17) is 4.74 Å². The van der Waals surface area contributed by atoms with Crippen molar-refractivity contribution in [1.29, 1.82) is 0 Å². The third-order valence-electron chi connectivity index (χ3n) is 11.3. The molecule has 54 heavy (non-hydrogen) atoms. The number of morpholine rings is 1. The summed E-state index contributed by atoms with van der Waals surface area (Å²) in [6.07, 6.45) is 0.298. The molecule has 1 atom stereocenters. The van der Waals surface area contributed by atoms with Crippen LogP contribution in [-0.2, 0) is 37.7 Å². The van der Waals surface area contributed by atoms with Gasteiger partial charge in [0, 0.05) is 86.2 Å². The van der Waals surface area contributed by atoms with Gasteiger partial charge in [0.05, 0.1) is 18.8 Å². The molecular formula is C44H45N5O5. The van der Waals surface area contributed by atoms with Crippen molar-refractivity contribution in [3.8, 4) is 11.3 Å². The van der Waals surface area contributed by atoms with E-state index >= 15 is 4.79 Å². The molecule has 3 aliphatic heterocycles. The van der Waals surface area contributed by atoms with E-state index in [1.807, 2.05) is 102 Å². The normalized spacial score (nSPS) is 17.1. The summed E-state index contributed by atoms with van der Waals surface area (Å²) in [6.45, 7) is 6.71. The second kappa shape index (κ2) is 15.0. The highest BCUT2D eigenvalue weighted by atomic mass is 16.5. The first-order valence-electron chi connectivity index (χ1n) is 18.7. The molecule has 0 spiro atoms. The molecule has 5 aromatic rings. The van der Waals surface area contributed by atoms with Crippen molar-refractivity contribution >= 4 is 29.3 Å². The van der Waals surface area contributed by atoms with Crippen LogP contribution in [0.2, 0.25) is 0 Å². The number of carboxylic acid groups (broad SMARTS) is 1. The van der Waals surface area contributed by atoms with Gasteiger partial charge in [0.2, 0.25) is 0 Å². The molecule has 3 aliphatic rings. The third-order valence-corrected chi connectivity index (χ3v) is 11.3. The van der Waals surface area contributed by atoms with E-state index in [2.05, 4.69) is 29.2 Å². The summed E-state index contributed by atoms with van der Waals surface area (Å²) in [5.41, 5.74) is 9.04. The number of amides is 3. The van der Waals surface area contributed by atoms with Gasteiger partial charge >= 0.3 is 6.09 Å². The molecule has 10 nitrogen and oxygen atoms in total. The summed E-state index contributed by atoms with van der Waals surface area (Å²) < 4.78 is 7.64. The van der Waals surface area contributed by atoms with Crippen LogP contribution in [0.4, 0.5) is 16.2 Å². The maximum Gasteiger partial charge on any atom is 0.407 e. The molecule has 4 heterocycles. The van der Waals surface area contributed by atoms with Crippen LogP contribution in [0.25, 0.3) is 11.3 Å². The molecule has 0 radical (unpaired) electrons. The summed E-state index contributed by atoms with van der Waals surface area (Å²) in [5, 5.41) is 9.89. The van der Waals surface area contributed by atoms with Gasteiger partial charge < -0.3 is 24.2 Å². The first-order chi connectivity index (χ1) is 26.3. The predicted octanol–water partition coefficient (Wildman–Crippen LogP) is 6.91. The summed E-state index contributed by atoms with van der Waals surface area (Å²) >= 11 is 0. The Morgan fingerprint density at radius 3 is 2.07 bits per heavy atom. The smallest absolute Gasteiger partial charge is 0.407 e. The Bertz CT molecular complexity index is 2150. The Labute approximate surface area is 315 Å². The van der Waals surface area contributed by atoms with Crippen LogP contribution in [0.3, 0.4) is 0 Å². The van der Waals surface area contributed by atoms with Crippen LogP contribution in [-0.4, -0.2) is 87.7 Å². The van der Waals surface area contributed by atoms with Crippen LogP contribution < -0.4 is 4.90 Å². The zero-order valence-corrected chi connectivity index (χ0v) is 30.8. The zero-order valence-electron chi connectivity index (χ0n) is 30.8. The SMILES string of the molecule is Cc1c(C(=O)N(c2ccccc2)c2ccccc2)cc(-c2cc3c(cc2C(=O)N2Cc4ccccc4C[C@H]2CN2CCOCC2)CN(C(=O)O)CC3)n1C. The summed E-state index contributed by atoms with van der Waals surface area (Å²) in [5.74, 6) is -0.275. The summed E-state index contributed by atoms with van der Waals surface area (Å²) in [6, 6.07) is 33.4. The molecule has 0 unspecified atom stereocenters. The first kappa shape index (κ1) is 35.3. The number of nitrogens with zero attached hydrogens (tertiary/aromatic N) is 5. The lowest BCUT2D eigenvalue weighted by atomic mass is 9.89. The minimum atomic E-state index is -0.974. The Hall–Kier alpha value is -5.71. The number of hydrogen-bond acceptors (Lipinski definition) is 5. The molecule has 3 amide bonds. The minimum absolute atomic E-state index is 0.0671. The second-order valence-electron chi connectivity index (χ2n) is 14.5. The van der Waals surface area contributed by atoms with Crippen molar-refractivity contribution in [3.05, 3.63) is 142 Å². The van der Waals surface area contributed by atoms with Crippen molar-refractivity contribution in [2.75, 3.05) is 44.3 Å².